The minimum atomic E-state index is -0.506. The topological polar surface area (TPSA) is 98.1 Å². The smallest absolute Gasteiger partial charge is 0.273 e. The number of rotatable bonds is 7. The third-order valence-corrected chi connectivity index (χ3v) is 5.45. The lowest BCUT2D eigenvalue weighted by atomic mass is 10.1. The Labute approximate surface area is 207 Å². The van der Waals surface area contributed by atoms with Crippen molar-refractivity contribution in [2.45, 2.75) is 26.4 Å². The SMILES string of the molecule is CC(C)c1c(C(=O)NNC(=O)c2ccccc2OCc2ccc(Cl)cc2)cnn1-c1ccccn1. The first-order valence-corrected chi connectivity index (χ1v) is 11.4. The predicted molar refractivity (Wildman–Crippen MR) is 133 cm³/mol. The molecule has 0 aliphatic heterocycles. The lowest BCUT2D eigenvalue weighted by Gasteiger charge is -2.14. The van der Waals surface area contributed by atoms with E-state index in [1.807, 2.05) is 44.2 Å². The van der Waals surface area contributed by atoms with E-state index in [2.05, 4.69) is 20.9 Å². The molecule has 9 heteroatoms. The number of nitrogens with zero attached hydrogens (tertiary/aromatic N) is 3. The van der Waals surface area contributed by atoms with Gasteiger partial charge in [-0.2, -0.15) is 5.10 Å². The Morgan fingerprint density at radius 2 is 1.63 bits per heavy atom. The number of carbonyl (C=O) groups is 2. The van der Waals surface area contributed by atoms with Gasteiger partial charge >= 0.3 is 0 Å². The average molecular weight is 490 g/mol. The third kappa shape index (κ3) is 5.67. The highest BCUT2D eigenvalue weighted by Gasteiger charge is 2.22. The van der Waals surface area contributed by atoms with Crippen LogP contribution in [0.2, 0.25) is 5.02 Å². The van der Waals surface area contributed by atoms with E-state index in [4.69, 9.17) is 16.3 Å². The van der Waals surface area contributed by atoms with Crippen molar-refractivity contribution in [2.75, 3.05) is 0 Å². The Kier molecular flexibility index (Phi) is 7.42. The van der Waals surface area contributed by atoms with Gasteiger partial charge in [0.2, 0.25) is 0 Å². The number of amides is 2. The summed E-state index contributed by atoms with van der Waals surface area (Å²) in [6.45, 7) is 4.18. The molecule has 0 aliphatic rings. The van der Waals surface area contributed by atoms with Crippen LogP contribution in [0.3, 0.4) is 0 Å². The first-order valence-electron chi connectivity index (χ1n) is 11.0. The third-order valence-electron chi connectivity index (χ3n) is 5.19. The van der Waals surface area contributed by atoms with E-state index < -0.39 is 11.8 Å². The van der Waals surface area contributed by atoms with E-state index in [1.54, 1.807) is 47.3 Å². The summed E-state index contributed by atoms with van der Waals surface area (Å²) in [6.07, 6.45) is 3.13. The van der Waals surface area contributed by atoms with Gasteiger partial charge in [0.1, 0.15) is 12.4 Å². The number of benzene rings is 2. The van der Waals surface area contributed by atoms with Crippen molar-refractivity contribution < 1.29 is 14.3 Å². The largest absolute Gasteiger partial charge is 0.488 e. The highest BCUT2D eigenvalue weighted by atomic mass is 35.5. The monoisotopic (exact) mass is 489 g/mol. The van der Waals surface area contributed by atoms with Crippen molar-refractivity contribution in [1.29, 1.82) is 0 Å². The second-order valence-electron chi connectivity index (χ2n) is 8.02. The van der Waals surface area contributed by atoms with E-state index >= 15 is 0 Å². The Hall–Kier alpha value is -4.17. The van der Waals surface area contributed by atoms with Crippen LogP contribution >= 0.6 is 11.6 Å². The molecule has 35 heavy (non-hydrogen) atoms. The summed E-state index contributed by atoms with van der Waals surface area (Å²) in [5, 5.41) is 4.97. The molecule has 0 aliphatic carbocycles. The zero-order valence-electron chi connectivity index (χ0n) is 19.2. The quantitative estimate of drug-likeness (QED) is 0.367. The number of halogens is 1. The zero-order chi connectivity index (χ0) is 24.8. The van der Waals surface area contributed by atoms with Gasteiger partial charge in [0, 0.05) is 11.2 Å². The second kappa shape index (κ2) is 10.8. The van der Waals surface area contributed by atoms with E-state index in [0.29, 0.717) is 27.8 Å². The van der Waals surface area contributed by atoms with Crippen LogP contribution in [0.1, 0.15) is 51.7 Å². The Balaban J connectivity index is 1.45. The molecule has 4 rings (SSSR count). The number of aromatic nitrogens is 3. The van der Waals surface area contributed by atoms with Gasteiger partial charge in [-0.15, -0.1) is 0 Å². The molecule has 2 aromatic heterocycles. The van der Waals surface area contributed by atoms with Crippen LogP contribution in [0.5, 0.6) is 5.75 Å². The van der Waals surface area contributed by atoms with Crippen LogP contribution in [-0.4, -0.2) is 26.6 Å². The molecule has 2 heterocycles. The highest BCUT2D eigenvalue weighted by Crippen LogP contribution is 2.23. The van der Waals surface area contributed by atoms with E-state index in [9.17, 15) is 9.59 Å². The number of para-hydroxylation sites is 1. The number of hydrogen-bond donors (Lipinski definition) is 2. The molecule has 0 fully saturated rings. The molecule has 0 saturated heterocycles. The lowest BCUT2D eigenvalue weighted by Crippen LogP contribution is -2.42. The molecule has 0 radical (unpaired) electrons. The maximum atomic E-state index is 12.9. The molecule has 2 amide bonds. The molecule has 0 spiro atoms. The second-order valence-corrected chi connectivity index (χ2v) is 8.45. The minimum absolute atomic E-state index is 0.0158. The van der Waals surface area contributed by atoms with Crippen molar-refractivity contribution >= 4 is 23.4 Å². The first kappa shape index (κ1) is 24.0. The fraction of sp³-hybridized carbons (Fsp3) is 0.154. The van der Waals surface area contributed by atoms with Crippen molar-refractivity contribution in [3.63, 3.8) is 0 Å². The molecular formula is C26H24ClN5O3. The van der Waals surface area contributed by atoms with Crippen LogP contribution in [-0.2, 0) is 6.61 Å². The minimum Gasteiger partial charge on any atom is -0.488 e. The number of hydrazine groups is 1. The summed E-state index contributed by atoms with van der Waals surface area (Å²) < 4.78 is 7.47. The summed E-state index contributed by atoms with van der Waals surface area (Å²) in [4.78, 5) is 30.1. The van der Waals surface area contributed by atoms with Crippen LogP contribution in [0.25, 0.3) is 5.82 Å². The van der Waals surface area contributed by atoms with Gasteiger partial charge in [-0.3, -0.25) is 20.4 Å². The summed E-state index contributed by atoms with van der Waals surface area (Å²) in [5.74, 6) is -0.0129. The Morgan fingerprint density at radius 3 is 2.31 bits per heavy atom. The fourth-order valence-corrected chi connectivity index (χ4v) is 3.65. The van der Waals surface area contributed by atoms with Gasteiger partial charge < -0.3 is 4.74 Å². The van der Waals surface area contributed by atoms with Crippen molar-refractivity contribution in [2.24, 2.45) is 0 Å². The van der Waals surface area contributed by atoms with Gasteiger partial charge in [-0.05, 0) is 47.9 Å². The molecule has 2 N–H and O–H groups in total. The van der Waals surface area contributed by atoms with Gasteiger partial charge in [0.25, 0.3) is 11.8 Å². The van der Waals surface area contributed by atoms with Crippen molar-refractivity contribution in [1.82, 2.24) is 25.6 Å². The van der Waals surface area contributed by atoms with E-state index in [0.717, 1.165) is 5.56 Å². The standard InChI is InChI=1S/C26H24ClN5O3/c1-17(2)24-21(15-29-32(24)23-9-5-6-14-28-23)26(34)31-30-25(33)20-7-3-4-8-22(20)35-16-18-10-12-19(27)13-11-18/h3-15,17H,16H2,1-2H3,(H,30,33)(H,31,34). The molecule has 0 atom stereocenters. The fourth-order valence-electron chi connectivity index (χ4n) is 3.52. The van der Waals surface area contributed by atoms with Crippen LogP contribution < -0.4 is 15.6 Å². The molecule has 0 unspecified atom stereocenters. The molecule has 178 valence electrons. The number of nitrogens with one attached hydrogen (secondary N) is 2. The van der Waals surface area contributed by atoms with E-state index in [1.165, 1.54) is 6.20 Å². The normalized spacial score (nSPS) is 10.7. The van der Waals surface area contributed by atoms with Crippen LogP contribution in [0, 0.1) is 0 Å². The zero-order valence-corrected chi connectivity index (χ0v) is 20.0. The Bertz CT molecular complexity index is 1320. The van der Waals surface area contributed by atoms with Gasteiger partial charge in [-0.25, -0.2) is 9.67 Å². The van der Waals surface area contributed by atoms with Gasteiger partial charge in [0.05, 0.1) is 23.0 Å². The maximum absolute atomic E-state index is 12.9. The summed E-state index contributed by atoms with van der Waals surface area (Å²) in [6, 6.07) is 19.5. The maximum Gasteiger partial charge on any atom is 0.273 e. The van der Waals surface area contributed by atoms with Crippen molar-refractivity contribution in [3.05, 3.63) is 107 Å². The predicted octanol–water partition coefficient (Wildman–Crippen LogP) is 4.70. The average Bonchev–Trinajstić information content (AvgIpc) is 3.33. The summed E-state index contributed by atoms with van der Waals surface area (Å²) in [7, 11) is 0. The molecule has 4 aromatic rings. The lowest BCUT2D eigenvalue weighted by molar-refractivity contribution is 0.0843. The first-order chi connectivity index (χ1) is 16.9. The molecule has 0 bridgehead atoms. The van der Waals surface area contributed by atoms with E-state index in [-0.39, 0.29) is 18.1 Å². The number of ether oxygens (including phenoxy) is 1. The highest BCUT2D eigenvalue weighted by molar-refractivity contribution is 6.30. The van der Waals surface area contributed by atoms with Crippen LogP contribution in [0.4, 0.5) is 0 Å². The number of pyridine rings is 1. The van der Waals surface area contributed by atoms with Gasteiger partial charge in [0.15, 0.2) is 5.82 Å². The summed E-state index contributed by atoms with van der Waals surface area (Å²) >= 11 is 5.92. The number of carbonyl (C=O) groups excluding carboxylic acids is 2. The van der Waals surface area contributed by atoms with Gasteiger partial charge in [-0.1, -0.05) is 55.8 Å². The van der Waals surface area contributed by atoms with Crippen molar-refractivity contribution in [3.8, 4) is 11.6 Å². The molecule has 8 nitrogen and oxygen atoms in total. The molecular weight excluding hydrogens is 466 g/mol. The number of hydrogen-bond acceptors (Lipinski definition) is 5. The molecule has 0 saturated carbocycles. The Morgan fingerprint density at radius 1 is 0.943 bits per heavy atom. The summed E-state index contributed by atoms with van der Waals surface area (Å²) in [5.41, 5.74) is 7.17. The van der Waals surface area contributed by atoms with Crippen LogP contribution in [0.15, 0.2) is 79.1 Å². The molecule has 2 aromatic carbocycles.